The van der Waals surface area contributed by atoms with Gasteiger partial charge in [0.25, 0.3) is 5.82 Å². The first kappa shape index (κ1) is 13.0. The molecule has 19 heavy (non-hydrogen) atoms. The Bertz CT molecular complexity index is 576. The van der Waals surface area contributed by atoms with Crippen LogP contribution in [0, 0.1) is 17.1 Å². The predicted octanol–water partition coefficient (Wildman–Crippen LogP) is 0.729. The van der Waals surface area contributed by atoms with Crippen LogP contribution in [0.4, 0.5) is 4.39 Å². The molecule has 2 rings (SSSR count). The molecule has 0 bridgehead atoms. The molecular formula is C12H11FN4O2. The zero-order valence-electron chi connectivity index (χ0n) is 9.90. The Morgan fingerprint density at radius 2 is 2.16 bits per heavy atom. The molecule has 0 spiro atoms. The second-order valence-corrected chi connectivity index (χ2v) is 3.82. The van der Waals surface area contributed by atoms with E-state index in [4.69, 9.17) is 10.00 Å². The van der Waals surface area contributed by atoms with Crippen molar-refractivity contribution in [3.8, 4) is 11.8 Å². The van der Waals surface area contributed by atoms with E-state index in [-0.39, 0.29) is 24.8 Å². The van der Waals surface area contributed by atoms with Gasteiger partial charge in [0.05, 0.1) is 6.54 Å². The molecule has 0 radical (unpaired) electrons. The summed E-state index contributed by atoms with van der Waals surface area (Å²) in [5.74, 6) is 0.169. The molecule has 2 aromatic rings. The number of aliphatic hydroxyl groups excluding tert-OH is 1. The van der Waals surface area contributed by atoms with E-state index >= 15 is 0 Å². The smallest absolute Gasteiger partial charge is 0.252 e. The van der Waals surface area contributed by atoms with Crippen LogP contribution in [0.15, 0.2) is 30.6 Å². The summed E-state index contributed by atoms with van der Waals surface area (Å²) in [4.78, 5) is 3.71. The van der Waals surface area contributed by atoms with E-state index in [0.717, 1.165) is 0 Å². The Hall–Kier alpha value is -2.46. The lowest BCUT2D eigenvalue weighted by Crippen LogP contribution is -2.23. The summed E-state index contributed by atoms with van der Waals surface area (Å²) in [6, 6.07) is 7.30. The maximum absolute atomic E-state index is 12.7. The third-order valence-electron chi connectivity index (χ3n) is 2.29. The normalized spacial score (nSPS) is 11.8. The maximum Gasteiger partial charge on any atom is 0.252 e. The van der Waals surface area contributed by atoms with Crippen LogP contribution in [0.25, 0.3) is 0 Å². The van der Waals surface area contributed by atoms with Crippen molar-refractivity contribution in [2.75, 3.05) is 6.61 Å². The predicted molar refractivity (Wildman–Crippen MR) is 62.6 cm³/mol. The van der Waals surface area contributed by atoms with Gasteiger partial charge in [-0.25, -0.2) is 14.1 Å². The molecule has 1 aromatic heterocycles. The average Bonchev–Trinajstić information content (AvgIpc) is 2.86. The van der Waals surface area contributed by atoms with Crippen molar-refractivity contribution in [2.45, 2.75) is 12.6 Å². The van der Waals surface area contributed by atoms with Crippen LogP contribution >= 0.6 is 0 Å². The van der Waals surface area contributed by atoms with Crippen LogP contribution in [0.3, 0.4) is 0 Å². The third-order valence-corrected chi connectivity index (χ3v) is 2.29. The van der Waals surface area contributed by atoms with Crippen LogP contribution in [0.1, 0.15) is 5.82 Å². The van der Waals surface area contributed by atoms with Crippen molar-refractivity contribution >= 4 is 0 Å². The van der Waals surface area contributed by atoms with E-state index in [1.807, 2.05) is 0 Å². The number of nitrogens with zero attached hydrogens (tertiary/aromatic N) is 4. The first-order valence-electron chi connectivity index (χ1n) is 5.53. The first-order chi connectivity index (χ1) is 9.17. The van der Waals surface area contributed by atoms with Crippen molar-refractivity contribution in [2.24, 2.45) is 0 Å². The highest BCUT2D eigenvalue weighted by Gasteiger charge is 2.08. The van der Waals surface area contributed by atoms with Gasteiger partial charge in [0.1, 0.15) is 36.7 Å². The van der Waals surface area contributed by atoms with Gasteiger partial charge in [0.2, 0.25) is 0 Å². The van der Waals surface area contributed by atoms with Gasteiger partial charge in [0.15, 0.2) is 0 Å². The summed E-state index contributed by atoms with van der Waals surface area (Å²) >= 11 is 0. The lowest BCUT2D eigenvalue weighted by atomic mass is 10.3. The average molecular weight is 262 g/mol. The minimum atomic E-state index is -0.807. The molecule has 0 amide bonds. The van der Waals surface area contributed by atoms with Crippen LogP contribution in [0.2, 0.25) is 0 Å². The topological polar surface area (TPSA) is 84.0 Å². The fourth-order valence-electron chi connectivity index (χ4n) is 1.43. The molecule has 1 unspecified atom stereocenters. The Kier molecular flexibility index (Phi) is 4.05. The molecule has 0 fully saturated rings. The summed E-state index contributed by atoms with van der Waals surface area (Å²) < 4.78 is 19.3. The van der Waals surface area contributed by atoms with Crippen molar-refractivity contribution in [1.82, 2.24) is 14.8 Å². The number of hydrogen-bond acceptors (Lipinski definition) is 5. The number of aliphatic hydroxyl groups is 1. The van der Waals surface area contributed by atoms with Gasteiger partial charge >= 0.3 is 0 Å². The molecule has 0 saturated heterocycles. The van der Waals surface area contributed by atoms with E-state index < -0.39 is 6.10 Å². The number of ether oxygens (including phenoxy) is 1. The number of benzene rings is 1. The van der Waals surface area contributed by atoms with Gasteiger partial charge in [-0.3, -0.25) is 0 Å². The summed E-state index contributed by atoms with van der Waals surface area (Å²) in [6.07, 6.45) is 0.554. The molecule has 1 atom stereocenters. The van der Waals surface area contributed by atoms with Gasteiger partial charge in [0, 0.05) is 0 Å². The van der Waals surface area contributed by atoms with Gasteiger partial charge in [-0.2, -0.15) is 5.26 Å². The number of hydrogen-bond donors (Lipinski definition) is 1. The first-order valence-corrected chi connectivity index (χ1v) is 5.53. The molecule has 6 nitrogen and oxygen atoms in total. The summed E-state index contributed by atoms with van der Waals surface area (Å²) in [7, 11) is 0. The Labute approximate surface area is 108 Å². The van der Waals surface area contributed by atoms with Crippen molar-refractivity contribution in [3.63, 3.8) is 0 Å². The largest absolute Gasteiger partial charge is 0.491 e. The molecule has 7 heteroatoms. The lowest BCUT2D eigenvalue weighted by molar-refractivity contribution is 0.0892. The van der Waals surface area contributed by atoms with Gasteiger partial charge in [-0.1, -0.05) is 0 Å². The van der Waals surface area contributed by atoms with Gasteiger partial charge in [-0.15, -0.1) is 5.10 Å². The molecule has 0 aliphatic heterocycles. The molecule has 0 aliphatic carbocycles. The number of aromatic nitrogens is 3. The number of rotatable bonds is 5. The maximum atomic E-state index is 12.7. The SMILES string of the molecule is N#Cc1ncn(CC(O)COc2ccc(F)cc2)n1. The Morgan fingerprint density at radius 1 is 1.42 bits per heavy atom. The zero-order chi connectivity index (χ0) is 13.7. The molecule has 1 N–H and O–H groups in total. The second-order valence-electron chi connectivity index (χ2n) is 3.82. The molecule has 1 heterocycles. The summed E-state index contributed by atoms with van der Waals surface area (Å²) in [5.41, 5.74) is 0. The van der Waals surface area contributed by atoms with Crippen LogP contribution < -0.4 is 4.74 Å². The summed E-state index contributed by atoms with van der Waals surface area (Å²) in [6.45, 7) is 0.198. The molecule has 1 aromatic carbocycles. The molecule has 0 saturated carbocycles. The van der Waals surface area contributed by atoms with Crippen molar-refractivity contribution in [3.05, 3.63) is 42.2 Å². The fourth-order valence-corrected chi connectivity index (χ4v) is 1.43. The number of nitriles is 1. The third kappa shape index (κ3) is 3.76. The van der Waals surface area contributed by atoms with E-state index in [9.17, 15) is 9.50 Å². The van der Waals surface area contributed by atoms with E-state index in [0.29, 0.717) is 5.75 Å². The van der Waals surface area contributed by atoms with Gasteiger partial charge < -0.3 is 9.84 Å². The fraction of sp³-hybridized carbons (Fsp3) is 0.250. The lowest BCUT2D eigenvalue weighted by Gasteiger charge is -2.11. The molecular weight excluding hydrogens is 251 g/mol. The van der Waals surface area contributed by atoms with Crippen LogP contribution in [-0.2, 0) is 6.54 Å². The van der Waals surface area contributed by atoms with E-state index in [2.05, 4.69) is 10.1 Å². The van der Waals surface area contributed by atoms with Gasteiger partial charge in [-0.05, 0) is 24.3 Å². The van der Waals surface area contributed by atoms with Crippen molar-refractivity contribution in [1.29, 1.82) is 5.26 Å². The highest BCUT2D eigenvalue weighted by molar-refractivity contribution is 5.22. The van der Waals surface area contributed by atoms with E-state index in [1.165, 1.54) is 35.3 Å². The second kappa shape index (κ2) is 5.93. The Balaban J connectivity index is 1.83. The highest BCUT2D eigenvalue weighted by atomic mass is 19.1. The zero-order valence-corrected chi connectivity index (χ0v) is 9.90. The van der Waals surface area contributed by atoms with E-state index in [1.54, 1.807) is 6.07 Å². The standard InChI is InChI=1S/C12H11FN4O2/c13-9-1-3-11(4-2-9)19-7-10(18)6-17-8-15-12(5-14)16-17/h1-4,8,10,18H,6-7H2. The highest BCUT2D eigenvalue weighted by Crippen LogP contribution is 2.11. The Morgan fingerprint density at radius 3 is 2.79 bits per heavy atom. The number of halogens is 1. The quantitative estimate of drug-likeness (QED) is 0.858. The van der Waals surface area contributed by atoms with Crippen LogP contribution in [-0.4, -0.2) is 32.6 Å². The monoisotopic (exact) mass is 262 g/mol. The molecule has 98 valence electrons. The van der Waals surface area contributed by atoms with Crippen molar-refractivity contribution < 1.29 is 14.2 Å². The minimum Gasteiger partial charge on any atom is -0.491 e. The minimum absolute atomic E-state index is 0.0351. The van der Waals surface area contributed by atoms with Crippen LogP contribution in [0.5, 0.6) is 5.75 Å². The molecule has 0 aliphatic rings. The summed E-state index contributed by atoms with van der Waals surface area (Å²) in [5, 5.41) is 22.1.